The van der Waals surface area contributed by atoms with Crippen LogP contribution in [-0.4, -0.2) is 34.2 Å². The topological polar surface area (TPSA) is 91.8 Å². The number of nitrogens with zero attached hydrogens (tertiary/aromatic N) is 3. The lowest BCUT2D eigenvalue weighted by molar-refractivity contribution is 0.0955. The number of anilines is 3. The fraction of sp³-hybridized carbons (Fsp3) is 0.238. The van der Waals surface area contributed by atoms with Crippen molar-refractivity contribution in [3.8, 4) is 0 Å². The van der Waals surface area contributed by atoms with Crippen LogP contribution in [0.5, 0.6) is 0 Å². The number of aryl methyl sites for hydroxylation is 2. The second-order valence-corrected chi connectivity index (χ2v) is 6.38. The first kappa shape index (κ1) is 19.3. The molecular weight excluding hydrogens is 352 g/mol. The van der Waals surface area contributed by atoms with Gasteiger partial charge in [0.1, 0.15) is 11.6 Å². The number of benzene rings is 1. The highest BCUT2D eigenvalue weighted by Gasteiger charge is 2.04. The van der Waals surface area contributed by atoms with Gasteiger partial charge in [-0.2, -0.15) is 0 Å². The Morgan fingerprint density at radius 2 is 1.68 bits per heavy atom. The lowest BCUT2D eigenvalue weighted by atomic mass is 10.1. The van der Waals surface area contributed by atoms with E-state index in [0.717, 1.165) is 17.8 Å². The van der Waals surface area contributed by atoms with Gasteiger partial charge in [0.2, 0.25) is 0 Å². The van der Waals surface area contributed by atoms with Crippen LogP contribution in [0.3, 0.4) is 0 Å². The van der Waals surface area contributed by atoms with Crippen molar-refractivity contribution >= 4 is 23.4 Å². The summed E-state index contributed by atoms with van der Waals surface area (Å²) in [6, 6.07) is 15.2. The van der Waals surface area contributed by atoms with Crippen molar-refractivity contribution < 1.29 is 4.79 Å². The molecule has 0 bridgehead atoms. The Morgan fingerprint density at radius 1 is 0.929 bits per heavy atom. The summed E-state index contributed by atoms with van der Waals surface area (Å²) in [5, 5.41) is 17.4. The average molecular weight is 376 g/mol. The van der Waals surface area contributed by atoms with Gasteiger partial charge in [0.25, 0.3) is 5.91 Å². The number of carbonyl (C=O) groups is 1. The number of nitrogens with one attached hydrogen (secondary N) is 3. The van der Waals surface area contributed by atoms with Gasteiger partial charge in [-0.25, -0.2) is 4.98 Å². The quantitative estimate of drug-likeness (QED) is 0.522. The summed E-state index contributed by atoms with van der Waals surface area (Å²) in [6.45, 7) is 5.14. The summed E-state index contributed by atoms with van der Waals surface area (Å²) in [7, 11) is 0. The van der Waals surface area contributed by atoms with Crippen LogP contribution in [0, 0.1) is 6.92 Å². The zero-order chi connectivity index (χ0) is 19.8. The number of hydrogen-bond acceptors (Lipinski definition) is 6. The third kappa shape index (κ3) is 5.51. The molecular formula is C21H24N6O. The molecule has 3 rings (SSSR count). The standard InChI is InChI=1S/C21H24N6O/c1-3-16-4-6-17(7-5-16)21(28)24-13-12-23-18-8-9-19(27-26-18)25-20-14-15(2)10-11-22-20/h4-11,14H,3,12-13H2,1-2H3,(H,23,26)(H,24,28)(H,22,25,27). The van der Waals surface area contributed by atoms with E-state index in [9.17, 15) is 4.79 Å². The highest BCUT2D eigenvalue weighted by Crippen LogP contribution is 2.13. The van der Waals surface area contributed by atoms with Crippen LogP contribution >= 0.6 is 0 Å². The molecule has 3 aromatic rings. The van der Waals surface area contributed by atoms with Gasteiger partial charge < -0.3 is 16.0 Å². The molecule has 3 N–H and O–H groups in total. The molecule has 0 atom stereocenters. The summed E-state index contributed by atoms with van der Waals surface area (Å²) < 4.78 is 0. The Balaban J connectivity index is 1.42. The van der Waals surface area contributed by atoms with Gasteiger partial charge >= 0.3 is 0 Å². The number of pyridine rings is 1. The van der Waals surface area contributed by atoms with Crippen molar-refractivity contribution in [2.75, 3.05) is 23.7 Å². The highest BCUT2D eigenvalue weighted by atomic mass is 16.1. The van der Waals surface area contributed by atoms with Crippen LogP contribution in [0.4, 0.5) is 17.5 Å². The van der Waals surface area contributed by atoms with E-state index in [1.807, 2.05) is 55.5 Å². The molecule has 1 aromatic carbocycles. The second kappa shape index (κ2) is 9.45. The first-order valence-electron chi connectivity index (χ1n) is 9.28. The number of amides is 1. The lowest BCUT2D eigenvalue weighted by Gasteiger charge is -2.08. The molecule has 7 nitrogen and oxygen atoms in total. The number of aromatic nitrogens is 3. The van der Waals surface area contributed by atoms with Crippen molar-refractivity contribution in [2.45, 2.75) is 20.3 Å². The first-order chi connectivity index (χ1) is 13.6. The molecule has 0 aliphatic carbocycles. The first-order valence-corrected chi connectivity index (χ1v) is 9.28. The number of hydrogen-bond donors (Lipinski definition) is 3. The maximum absolute atomic E-state index is 12.1. The molecule has 0 saturated carbocycles. The van der Waals surface area contributed by atoms with Crippen molar-refractivity contribution in [2.24, 2.45) is 0 Å². The van der Waals surface area contributed by atoms with E-state index in [1.165, 1.54) is 5.56 Å². The molecule has 0 radical (unpaired) electrons. The molecule has 0 saturated heterocycles. The zero-order valence-electron chi connectivity index (χ0n) is 16.1. The van der Waals surface area contributed by atoms with E-state index in [-0.39, 0.29) is 5.91 Å². The number of carbonyl (C=O) groups excluding carboxylic acids is 1. The SMILES string of the molecule is CCc1ccc(C(=O)NCCNc2ccc(Nc3cc(C)ccn3)nn2)cc1. The van der Waals surface area contributed by atoms with E-state index >= 15 is 0 Å². The Bertz CT molecular complexity index is 909. The summed E-state index contributed by atoms with van der Waals surface area (Å²) in [6.07, 6.45) is 2.70. The number of rotatable bonds is 8. The maximum atomic E-state index is 12.1. The molecule has 2 heterocycles. The van der Waals surface area contributed by atoms with Crippen LogP contribution in [0.1, 0.15) is 28.4 Å². The largest absolute Gasteiger partial charge is 0.367 e. The van der Waals surface area contributed by atoms with Gasteiger partial charge in [0, 0.05) is 24.8 Å². The summed E-state index contributed by atoms with van der Waals surface area (Å²) in [4.78, 5) is 16.4. The van der Waals surface area contributed by atoms with Crippen molar-refractivity contribution in [3.05, 3.63) is 71.4 Å². The van der Waals surface area contributed by atoms with E-state index in [1.54, 1.807) is 6.20 Å². The second-order valence-electron chi connectivity index (χ2n) is 6.38. The lowest BCUT2D eigenvalue weighted by Crippen LogP contribution is -2.28. The smallest absolute Gasteiger partial charge is 0.251 e. The molecule has 0 fully saturated rings. The summed E-state index contributed by atoms with van der Waals surface area (Å²) >= 11 is 0. The monoisotopic (exact) mass is 376 g/mol. The minimum atomic E-state index is -0.0826. The Kier molecular flexibility index (Phi) is 6.51. The van der Waals surface area contributed by atoms with E-state index in [0.29, 0.717) is 30.3 Å². The van der Waals surface area contributed by atoms with Gasteiger partial charge in [-0.1, -0.05) is 19.1 Å². The molecule has 0 unspecified atom stereocenters. The maximum Gasteiger partial charge on any atom is 0.251 e. The fourth-order valence-corrected chi connectivity index (χ4v) is 2.59. The van der Waals surface area contributed by atoms with Gasteiger partial charge in [0.15, 0.2) is 5.82 Å². The molecule has 0 aliphatic rings. The summed E-state index contributed by atoms with van der Waals surface area (Å²) in [5.74, 6) is 1.90. The van der Waals surface area contributed by atoms with Gasteiger partial charge in [0.05, 0.1) is 0 Å². The van der Waals surface area contributed by atoms with Gasteiger partial charge in [-0.05, 0) is 60.9 Å². The van der Waals surface area contributed by atoms with Crippen LogP contribution in [0.15, 0.2) is 54.7 Å². The Labute approximate surface area is 164 Å². The van der Waals surface area contributed by atoms with Crippen LogP contribution in [0.25, 0.3) is 0 Å². The van der Waals surface area contributed by atoms with Gasteiger partial charge in [-0.15, -0.1) is 10.2 Å². The van der Waals surface area contributed by atoms with E-state index in [2.05, 4.69) is 38.1 Å². The van der Waals surface area contributed by atoms with Crippen LogP contribution < -0.4 is 16.0 Å². The fourth-order valence-electron chi connectivity index (χ4n) is 2.59. The molecule has 1 amide bonds. The van der Waals surface area contributed by atoms with Crippen molar-refractivity contribution in [1.29, 1.82) is 0 Å². The average Bonchev–Trinajstić information content (AvgIpc) is 2.72. The summed E-state index contributed by atoms with van der Waals surface area (Å²) in [5.41, 5.74) is 3.00. The molecule has 144 valence electrons. The predicted octanol–water partition coefficient (Wildman–Crippen LogP) is 3.33. The molecule has 0 spiro atoms. The van der Waals surface area contributed by atoms with Crippen LogP contribution in [0.2, 0.25) is 0 Å². The van der Waals surface area contributed by atoms with Crippen LogP contribution in [-0.2, 0) is 6.42 Å². The highest BCUT2D eigenvalue weighted by molar-refractivity contribution is 5.94. The van der Waals surface area contributed by atoms with E-state index in [4.69, 9.17) is 0 Å². The minimum absolute atomic E-state index is 0.0826. The van der Waals surface area contributed by atoms with E-state index < -0.39 is 0 Å². The van der Waals surface area contributed by atoms with Gasteiger partial charge in [-0.3, -0.25) is 4.79 Å². The van der Waals surface area contributed by atoms with Crippen molar-refractivity contribution in [1.82, 2.24) is 20.5 Å². The molecule has 2 aromatic heterocycles. The minimum Gasteiger partial charge on any atom is -0.367 e. The van der Waals surface area contributed by atoms with Crippen molar-refractivity contribution in [3.63, 3.8) is 0 Å². The molecule has 7 heteroatoms. The third-order valence-electron chi connectivity index (χ3n) is 4.18. The third-order valence-corrected chi connectivity index (χ3v) is 4.18. The normalized spacial score (nSPS) is 10.4. The molecule has 28 heavy (non-hydrogen) atoms. The predicted molar refractivity (Wildman–Crippen MR) is 111 cm³/mol. The Hall–Kier alpha value is -3.48. The Morgan fingerprint density at radius 3 is 2.36 bits per heavy atom. The zero-order valence-corrected chi connectivity index (χ0v) is 16.1. The molecule has 0 aliphatic heterocycles.